The van der Waals surface area contributed by atoms with Crippen LogP contribution in [0.25, 0.3) is 5.52 Å². The summed E-state index contributed by atoms with van der Waals surface area (Å²) < 4.78 is 26.7. The number of aliphatic hydroxyl groups is 1. The van der Waals surface area contributed by atoms with Crippen molar-refractivity contribution in [3.8, 4) is 5.75 Å². The van der Waals surface area contributed by atoms with Gasteiger partial charge in [0.2, 0.25) is 0 Å². The number of aliphatic hydroxyl groups excluding tert-OH is 1. The van der Waals surface area contributed by atoms with Crippen LogP contribution in [0.15, 0.2) is 48.7 Å². The second-order valence-electron chi connectivity index (χ2n) is 7.16. The maximum atomic E-state index is 14.6. The molecule has 152 valence electrons. The highest BCUT2D eigenvalue weighted by Gasteiger charge is 2.27. The highest BCUT2D eigenvalue weighted by atomic mass is 19.1. The second kappa shape index (κ2) is 8.23. The van der Waals surface area contributed by atoms with Crippen LogP contribution >= 0.6 is 0 Å². The number of halogens is 1. The number of hydrogen-bond donors (Lipinski definition) is 2. The number of pyridine rings is 1. The topological polar surface area (TPSA) is 72.2 Å². The van der Waals surface area contributed by atoms with Crippen LogP contribution in [0, 0.1) is 5.82 Å². The summed E-state index contributed by atoms with van der Waals surface area (Å²) in [6.45, 7) is 0.647. The van der Waals surface area contributed by atoms with Crippen LogP contribution in [0.2, 0.25) is 0 Å². The molecule has 2 aromatic heterocycles. The summed E-state index contributed by atoms with van der Waals surface area (Å²) >= 11 is 0. The van der Waals surface area contributed by atoms with E-state index in [0.717, 1.165) is 17.0 Å². The van der Waals surface area contributed by atoms with Crippen molar-refractivity contribution >= 4 is 11.4 Å². The second-order valence-corrected chi connectivity index (χ2v) is 7.16. The Morgan fingerprint density at radius 2 is 2.14 bits per heavy atom. The number of aromatic nitrogens is 1. The Kier molecular flexibility index (Phi) is 5.51. The van der Waals surface area contributed by atoms with E-state index in [1.54, 1.807) is 29.8 Å². The summed E-state index contributed by atoms with van der Waals surface area (Å²) in [7, 11) is 1.61. The Balaban J connectivity index is 1.66. The molecule has 6 nitrogen and oxygen atoms in total. The minimum absolute atomic E-state index is 0.179. The lowest BCUT2D eigenvalue weighted by Crippen LogP contribution is -2.48. The number of carbonyl (C=O) groups is 1. The van der Waals surface area contributed by atoms with Crippen LogP contribution in [0.1, 0.15) is 28.0 Å². The normalized spacial score (nSPS) is 19.3. The third-order valence-corrected chi connectivity index (χ3v) is 5.25. The number of methoxy groups -OCH3 is 1. The van der Waals surface area contributed by atoms with Crippen molar-refractivity contribution in [3.05, 3.63) is 71.3 Å². The van der Waals surface area contributed by atoms with Gasteiger partial charge in [-0.3, -0.25) is 4.79 Å². The maximum absolute atomic E-state index is 14.6. The molecule has 0 bridgehead atoms. The van der Waals surface area contributed by atoms with Crippen molar-refractivity contribution in [2.75, 3.05) is 20.3 Å². The molecule has 2 atom stereocenters. The molecule has 3 heterocycles. The predicted molar refractivity (Wildman–Crippen MR) is 106 cm³/mol. The molecule has 1 aliphatic heterocycles. The summed E-state index contributed by atoms with van der Waals surface area (Å²) in [5, 5.41) is 12.9. The minimum Gasteiger partial charge on any atom is -0.497 e. The molecule has 1 aliphatic rings. The van der Waals surface area contributed by atoms with E-state index in [4.69, 9.17) is 9.47 Å². The van der Waals surface area contributed by atoms with E-state index in [1.165, 1.54) is 6.07 Å². The van der Waals surface area contributed by atoms with Crippen LogP contribution in [0.5, 0.6) is 5.75 Å². The number of carbonyl (C=O) groups excluding carboxylic acids is 1. The quantitative estimate of drug-likeness (QED) is 0.693. The van der Waals surface area contributed by atoms with Crippen LogP contribution in [-0.4, -0.2) is 47.9 Å². The summed E-state index contributed by atoms with van der Waals surface area (Å²) in [5.41, 5.74) is 2.30. The Morgan fingerprint density at radius 3 is 2.86 bits per heavy atom. The maximum Gasteiger partial charge on any atom is 0.253 e. The third kappa shape index (κ3) is 3.97. The van der Waals surface area contributed by atoms with Gasteiger partial charge in [-0.1, -0.05) is 12.1 Å². The SMILES string of the molecule is COc1ccc(Cc2cc(C(=O)NC3CCOCC3O)c3c(F)cccn23)cc1. The zero-order valence-electron chi connectivity index (χ0n) is 16.1. The van der Waals surface area contributed by atoms with Crippen LogP contribution in [-0.2, 0) is 11.2 Å². The van der Waals surface area contributed by atoms with Crippen molar-refractivity contribution in [2.24, 2.45) is 0 Å². The molecule has 1 amide bonds. The lowest BCUT2D eigenvalue weighted by Gasteiger charge is -2.28. The van der Waals surface area contributed by atoms with Gasteiger partial charge in [0.25, 0.3) is 5.91 Å². The van der Waals surface area contributed by atoms with E-state index < -0.39 is 23.9 Å². The number of rotatable bonds is 5. The average molecular weight is 398 g/mol. The fraction of sp³-hybridized carbons (Fsp3) is 0.318. The number of nitrogens with one attached hydrogen (secondary N) is 1. The molecule has 3 aromatic rings. The monoisotopic (exact) mass is 398 g/mol. The van der Waals surface area contributed by atoms with Crippen molar-refractivity contribution in [3.63, 3.8) is 0 Å². The van der Waals surface area contributed by atoms with Crippen LogP contribution in [0.4, 0.5) is 4.39 Å². The third-order valence-electron chi connectivity index (χ3n) is 5.25. The van der Waals surface area contributed by atoms with Crippen molar-refractivity contribution in [2.45, 2.75) is 25.0 Å². The largest absolute Gasteiger partial charge is 0.497 e. The standard InChI is InChI=1S/C22H23FN2O4/c1-28-16-6-4-14(5-7-16)11-15-12-17(21-18(23)3-2-9-25(15)21)22(27)24-19-8-10-29-13-20(19)26/h2-7,9,12,19-20,26H,8,10-11,13H2,1H3,(H,24,27). The zero-order valence-corrected chi connectivity index (χ0v) is 16.1. The lowest BCUT2D eigenvalue weighted by atomic mass is 10.1. The van der Waals surface area contributed by atoms with Gasteiger partial charge in [-0.25, -0.2) is 4.39 Å². The zero-order chi connectivity index (χ0) is 20.4. The summed E-state index contributed by atoms with van der Waals surface area (Å²) in [6, 6.07) is 11.9. The average Bonchev–Trinajstić information content (AvgIpc) is 3.10. The molecule has 2 N–H and O–H groups in total. The van der Waals surface area contributed by atoms with Gasteiger partial charge in [0.1, 0.15) is 11.6 Å². The first kappa shape index (κ1) is 19.4. The van der Waals surface area contributed by atoms with E-state index in [9.17, 15) is 14.3 Å². The van der Waals surface area contributed by atoms with Gasteiger partial charge in [-0.15, -0.1) is 0 Å². The first-order valence-corrected chi connectivity index (χ1v) is 9.55. The number of nitrogens with zero attached hydrogens (tertiary/aromatic N) is 1. The molecule has 0 spiro atoms. The number of ether oxygens (including phenoxy) is 2. The molecule has 4 rings (SSSR count). The van der Waals surface area contributed by atoms with Gasteiger partial charge >= 0.3 is 0 Å². The number of fused-ring (bicyclic) bond motifs is 1. The molecule has 7 heteroatoms. The van der Waals surface area contributed by atoms with E-state index in [1.807, 2.05) is 24.3 Å². The van der Waals surface area contributed by atoms with E-state index in [-0.39, 0.29) is 17.7 Å². The number of amides is 1. The van der Waals surface area contributed by atoms with Gasteiger partial charge in [0.15, 0.2) is 0 Å². The summed E-state index contributed by atoms with van der Waals surface area (Å²) in [6.07, 6.45) is 2.02. The summed E-state index contributed by atoms with van der Waals surface area (Å²) in [5.74, 6) is -0.111. The first-order chi connectivity index (χ1) is 14.1. The highest BCUT2D eigenvalue weighted by molar-refractivity contribution is 6.01. The first-order valence-electron chi connectivity index (χ1n) is 9.55. The smallest absolute Gasteiger partial charge is 0.253 e. The molecule has 0 saturated carbocycles. The van der Waals surface area contributed by atoms with Crippen LogP contribution < -0.4 is 10.1 Å². The number of benzene rings is 1. The Bertz CT molecular complexity index is 1020. The fourth-order valence-electron chi connectivity index (χ4n) is 3.68. The highest BCUT2D eigenvalue weighted by Crippen LogP contribution is 2.24. The lowest BCUT2D eigenvalue weighted by molar-refractivity contribution is -0.0260. The van der Waals surface area contributed by atoms with Gasteiger partial charge < -0.3 is 24.3 Å². The summed E-state index contributed by atoms with van der Waals surface area (Å²) in [4.78, 5) is 12.9. The van der Waals surface area contributed by atoms with Gasteiger partial charge in [0, 0.05) is 24.9 Å². The predicted octanol–water partition coefficient (Wildman–Crippen LogP) is 2.56. The minimum atomic E-state index is -0.773. The van der Waals surface area contributed by atoms with E-state index in [2.05, 4.69) is 5.32 Å². The fourth-order valence-corrected chi connectivity index (χ4v) is 3.68. The molecular weight excluding hydrogens is 375 g/mol. The molecule has 2 unspecified atom stereocenters. The van der Waals surface area contributed by atoms with E-state index >= 15 is 0 Å². The molecule has 0 aliphatic carbocycles. The Hall–Kier alpha value is -2.90. The van der Waals surface area contributed by atoms with Gasteiger partial charge in [0.05, 0.1) is 36.9 Å². The van der Waals surface area contributed by atoms with E-state index in [0.29, 0.717) is 19.4 Å². The van der Waals surface area contributed by atoms with Crippen molar-refractivity contribution in [1.82, 2.24) is 9.72 Å². The Labute approximate surface area is 167 Å². The molecular formula is C22H23FN2O4. The molecule has 0 radical (unpaired) electrons. The molecule has 1 fully saturated rings. The van der Waals surface area contributed by atoms with Crippen molar-refractivity contribution < 1.29 is 23.8 Å². The number of hydrogen-bond acceptors (Lipinski definition) is 4. The van der Waals surface area contributed by atoms with Crippen LogP contribution in [0.3, 0.4) is 0 Å². The van der Waals surface area contributed by atoms with Crippen molar-refractivity contribution in [1.29, 1.82) is 0 Å². The molecule has 1 saturated heterocycles. The Morgan fingerprint density at radius 1 is 1.34 bits per heavy atom. The van der Waals surface area contributed by atoms with Gasteiger partial charge in [-0.05, 0) is 42.3 Å². The molecule has 29 heavy (non-hydrogen) atoms. The molecule has 1 aromatic carbocycles. The van der Waals surface area contributed by atoms with Gasteiger partial charge in [-0.2, -0.15) is 0 Å².